The molecule has 20 heavy (non-hydrogen) atoms. The van der Waals surface area contributed by atoms with Crippen LogP contribution in [0.3, 0.4) is 0 Å². The Morgan fingerprint density at radius 1 is 1.20 bits per heavy atom. The zero-order valence-corrected chi connectivity index (χ0v) is 14.2. The number of primary sulfonamides is 1. The van der Waals surface area contributed by atoms with Gasteiger partial charge in [-0.2, -0.15) is 0 Å². The van der Waals surface area contributed by atoms with Crippen molar-refractivity contribution in [3.63, 3.8) is 0 Å². The smallest absolute Gasteiger partial charge is 0.224 e. The molecule has 1 aromatic heterocycles. The molecule has 0 spiro atoms. The van der Waals surface area contributed by atoms with E-state index >= 15 is 0 Å². The molecule has 0 aliphatic carbocycles. The summed E-state index contributed by atoms with van der Waals surface area (Å²) in [4.78, 5) is 0.771. The van der Waals surface area contributed by atoms with Crippen molar-refractivity contribution in [2.24, 2.45) is 10.6 Å². The number of nitrogens with one attached hydrogen (secondary N) is 1. The van der Waals surface area contributed by atoms with E-state index in [2.05, 4.69) is 4.72 Å². The largest absolute Gasteiger partial charge is 0.247 e. The van der Waals surface area contributed by atoms with Gasteiger partial charge in [0.25, 0.3) is 0 Å². The van der Waals surface area contributed by atoms with E-state index in [1.165, 1.54) is 6.07 Å². The third kappa shape index (κ3) is 6.31. The molecule has 0 saturated heterocycles. The highest BCUT2D eigenvalue weighted by Gasteiger charge is 2.21. The molecule has 1 aromatic rings. The van der Waals surface area contributed by atoms with Crippen LogP contribution in [0.1, 0.15) is 25.6 Å². The van der Waals surface area contributed by atoms with Crippen molar-refractivity contribution < 1.29 is 16.8 Å². The Labute approximate surface area is 124 Å². The van der Waals surface area contributed by atoms with Gasteiger partial charge in [0, 0.05) is 11.4 Å². The summed E-state index contributed by atoms with van der Waals surface area (Å²) in [6.45, 7) is 5.79. The molecular weight excluding hydrogens is 320 g/mol. The Kier molecular flexibility index (Phi) is 5.36. The van der Waals surface area contributed by atoms with Gasteiger partial charge in [0.05, 0.1) is 5.75 Å². The summed E-state index contributed by atoms with van der Waals surface area (Å²) in [6, 6.07) is 3.07. The van der Waals surface area contributed by atoms with E-state index in [9.17, 15) is 16.8 Å². The lowest BCUT2D eigenvalue weighted by Gasteiger charge is -2.18. The van der Waals surface area contributed by atoms with Crippen molar-refractivity contribution in [3.8, 4) is 0 Å². The summed E-state index contributed by atoms with van der Waals surface area (Å²) in [5, 5.41) is 5.01. The molecule has 3 N–H and O–H groups in total. The van der Waals surface area contributed by atoms with Crippen LogP contribution in [-0.2, 0) is 26.5 Å². The lowest BCUT2D eigenvalue weighted by atomic mass is 10.0. The van der Waals surface area contributed by atoms with Gasteiger partial charge >= 0.3 is 0 Å². The van der Waals surface area contributed by atoms with E-state index in [1.807, 2.05) is 20.8 Å². The zero-order chi connectivity index (χ0) is 15.6. The summed E-state index contributed by atoms with van der Waals surface area (Å²) in [5.74, 6) is 0.0485. The van der Waals surface area contributed by atoms with Gasteiger partial charge in [0.15, 0.2) is 0 Å². The average Bonchev–Trinajstić information content (AvgIpc) is 2.60. The molecule has 0 radical (unpaired) electrons. The number of rotatable bonds is 6. The fourth-order valence-electron chi connectivity index (χ4n) is 1.60. The van der Waals surface area contributed by atoms with E-state index in [-0.39, 0.29) is 21.9 Å². The van der Waals surface area contributed by atoms with Crippen molar-refractivity contribution in [2.45, 2.75) is 31.4 Å². The summed E-state index contributed by atoms with van der Waals surface area (Å²) in [6.07, 6.45) is 0.434. The number of hydrogen-bond acceptors (Lipinski definition) is 5. The van der Waals surface area contributed by atoms with Crippen LogP contribution in [0.25, 0.3) is 0 Å². The molecule has 6 nitrogen and oxygen atoms in total. The van der Waals surface area contributed by atoms with E-state index in [1.54, 1.807) is 6.07 Å². The van der Waals surface area contributed by atoms with Crippen molar-refractivity contribution in [2.75, 3.05) is 12.3 Å². The average molecular weight is 340 g/mol. The predicted molar refractivity (Wildman–Crippen MR) is 80.6 cm³/mol. The van der Waals surface area contributed by atoms with E-state index in [4.69, 9.17) is 5.14 Å². The first-order valence-electron chi connectivity index (χ1n) is 5.98. The Hall–Kier alpha value is -0.480. The van der Waals surface area contributed by atoms with Gasteiger partial charge in [-0.05, 0) is 24.0 Å². The van der Waals surface area contributed by atoms with Gasteiger partial charge in [-0.15, -0.1) is 11.3 Å². The van der Waals surface area contributed by atoms with Gasteiger partial charge in [-0.1, -0.05) is 20.8 Å². The molecule has 0 unspecified atom stereocenters. The fraction of sp³-hybridized carbons (Fsp3) is 0.636. The van der Waals surface area contributed by atoms with Crippen LogP contribution in [0.4, 0.5) is 0 Å². The molecule has 0 aromatic carbocycles. The number of hydrogen-bond donors (Lipinski definition) is 2. The quantitative estimate of drug-likeness (QED) is 0.802. The molecule has 9 heteroatoms. The lowest BCUT2D eigenvalue weighted by Crippen LogP contribution is -2.33. The van der Waals surface area contributed by atoms with Gasteiger partial charge < -0.3 is 0 Å². The molecule has 0 aliphatic rings. The first kappa shape index (κ1) is 17.6. The van der Waals surface area contributed by atoms with Crippen molar-refractivity contribution >= 4 is 31.4 Å². The maximum absolute atomic E-state index is 11.8. The second-order valence-electron chi connectivity index (χ2n) is 5.73. The van der Waals surface area contributed by atoms with E-state index < -0.39 is 20.0 Å². The maximum Gasteiger partial charge on any atom is 0.247 e. The minimum atomic E-state index is -3.68. The summed E-state index contributed by atoms with van der Waals surface area (Å²) < 4.78 is 48.4. The third-order valence-corrected chi connectivity index (χ3v) is 6.71. The van der Waals surface area contributed by atoms with Crippen LogP contribution < -0.4 is 9.86 Å². The second-order valence-corrected chi connectivity index (χ2v) is 10.5. The summed E-state index contributed by atoms with van der Waals surface area (Å²) in [7, 11) is -7.00. The lowest BCUT2D eigenvalue weighted by molar-refractivity contribution is 0.458. The highest BCUT2D eigenvalue weighted by Crippen LogP contribution is 2.20. The second kappa shape index (κ2) is 6.10. The third-order valence-electron chi connectivity index (χ3n) is 2.23. The molecule has 0 bridgehead atoms. The molecule has 0 fully saturated rings. The Balaban J connectivity index is 2.55. The van der Waals surface area contributed by atoms with E-state index in [0.29, 0.717) is 6.42 Å². The van der Waals surface area contributed by atoms with Crippen LogP contribution >= 0.6 is 11.3 Å². The first-order valence-corrected chi connectivity index (χ1v) is 9.99. The minimum absolute atomic E-state index is 0.0485. The molecule has 1 rings (SSSR count). The SMILES string of the molecule is CC(C)(C)CS(=O)(=O)NCCc1ccc(S(N)(=O)=O)s1. The van der Waals surface area contributed by atoms with Crippen molar-refractivity contribution in [1.82, 2.24) is 4.72 Å². The van der Waals surface area contributed by atoms with Crippen LogP contribution in [-0.4, -0.2) is 29.1 Å². The molecular formula is C11H20N2O4S3. The summed E-state index contributed by atoms with van der Waals surface area (Å²) >= 11 is 1.06. The highest BCUT2D eigenvalue weighted by atomic mass is 32.2. The number of thiophene rings is 1. The molecule has 0 aliphatic heterocycles. The Bertz CT molecular complexity index is 654. The van der Waals surface area contributed by atoms with Gasteiger partial charge in [-0.3, -0.25) is 0 Å². The van der Waals surface area contributed by atoms with Crippen LogP contribution in [0.15, 0.2) is 16.3 Å². The number of nitrogens with two attached hydrogens (primary N) is 1. The van der Waals surface area contributed by atoms with Gasteiger partial charge in [0.2, 0.25) is 20.0 Å². The number of sulfonamides is 2. The Morgan fingerprint density at radius 2 is 1.80 bits per heavy atom. The fourth-order valence-corrected chi connectivity index (χ4v) is 5.03. The zero-order valence-electron chi connectivity index (χ0n) is 11.7. The molecule has 116 valence electrons. The van der Waals surface area contributed by atoms with Crippen LogP contribution in [0, 0.1) is 5.41 Å². The maximum atomic E-state index is 11.8. The molecule has 0 atom stereocenters. The first-order chi connectivity index (χ1) is 8.89. The van der Waals surface area contributed by atoms with Crippen molar-refractivity contribution in [1.29, 1.82) is 0 Å². The molecule has 0 saturated carbocycles. The Morgan fingerprint density at radius 3 is 2.25 bits per heavy atom. The van der Waals surface area contributed by atoms with Crippen LogP contribution in [0.5, 0.6) is 0 Å². The normalized spacial score (nSPS) is 13.6. The van der Waals surface area contributed by atoms with E-state index in [0.717, 1.165) is 16.2 Å². The van der Waals surface area contributed by atoms with Gasteiger partial charge in [0.1, 0.15) is 4.21 Å². The molecule has 1 heterocycles. The van der Waals surface area contributed by atoms with Gasteiger partial charge in [-0.25, -0.2) is 26.7 Å². The highest BCUT2D eigenvalue weighted by molar-refractivity contribution is 7.91. The predicted octanol–water partition coefficient (Wildman–Crippen LogP) is 0.904. The summed E-state index contributed by atoms with van der Waals surface area (Å²) in [5.41, 5.74) is -0.310. The van der Waals surface area contributed by atoms with Crippen LogP contribution in [0.2, 0.25) is 0 Å². The minimum Gasteiger partial charge on any atom is -0.224 e. The topological polar surface area (TPSA) is 106 Å². The standard InChI is InChI=1S/C11H20N2O4S3/c1-11(2,3)8-19(14,15)13-7-6-9-4-5-10(18-9)20(12,16)17/h4-5,13H,6-8H2,1-3H3,(H2,12,16,17). The van der Waals surface area contributed by atoms with Crippen molar-refractivity contribution in [3.05, 3.63) is 17.0 Å². The molecule has 0 amide bonds. The monoisotopic (exact) mass is 340 g/mol.